The number of aromatic nitrogens is 5. The molecule has 3 heterocycles. The van der Waals surface area contributed by atoms with Crippen LogP contribution < -0.4 is 5.32 Å². The van der Waals surface area contributed by atoms with E-state index in [-0.39, 0.29) is 28.5 Å². The predicted molar refractivity (Wildman–Crippen MR) is 146 cm³/mol. The van der Waals surface area contributed by atoms with Crippen LogP contribution in [0.3, 0.4) is 0 Å². The molecule has 188 valence electrons. The molecule has 2 aromatic carbocycles. The number of hydrogen-bond donors (Lipinski definition) is 1. The molecular weight excluding hydrogens is 523 g/mol. The van der Waals surface area contributed by atoms with Gasteiger partial charge in [0.1, 0.15) is 11.5 Å². The Hall–Kier alpha value is -4.40. The van der Waals surface area contributed by atoms with Crippen molar-refractivity contribution in [2.24, 2.45) is 0 Å². The van der Waals surface area contributed by atoms with Crippen molar-refractivity contribution in [1.29, 1.82) is 0 Å². The molecule has 1 N–H and O–H groups in total. The van der Waals surface area contributed by atoms with Gasteiger partial charge in [0.15, 0.2) is 5.78 Å². The zero-order valence-electron chi connectivity index (χ0n) is 19.9. The number of carbonyl (C=O) groups is 2. The van der Waals surface area contributed by atoms with Crippen molar-refractivity contribution >= 4 is 40.7 Å². The highest BCUT2D eigenvalue weighted by atomic mass is 35.5. The van der Waals surface area contributed by atoms with Crippen LogP contribution in [0.2, 0.25) is 10.0 Å². The second kappa shape index (κ2) is 11.3. The molecule has 0 saturated carbocycles. The number of anilines is 1. The van der Waals surface area contributed by atoms with Gasteiger partial charge in [-0.05, 0) is 54.4 Å². The molecule has 0 saturated heterocycles. The van der Waals surface area contributed by atoms with E-state index in [1.54, 1.807) is 42.9 Å². The molecule has 0 fully saturated rings. The van der Waals surface area contributed by atoms with Gasteiger partial charge < -0.3 is 5.32 Å². The van der Waals surface area contributed by atoms with Gasteiger partial charge in [-0.1, -0.05) is 47.5 Å². The van der Waals surface area contributed by atoms with Gasteiger partial charge in [-0.25, -0.2) is 4.68 Å². The molecule has 0 spiro atoms. The fourth-order valence-corrected chi connectivity index (χ4v) is 4.42. The fraction of sp³-hybridized carbons (Fsp3) is 0.0714. The van der Waals surface area contributed by atoms with Gasteiger partial charge >= 0.3 is 0 Å². The molecule has 8 nitrogen and oxygen atoms in total. The highest BCUT2D eigenvalue weighted by Crippen LogP contribution is 2.32. The lowest BCUT2D eigenvalue weighted by molar-refractivity contribution is 0.0976. The zero-order valence-corrected chi connectivity index (χ0v) is 21.4. The average molecular weight is 543 g/mol. The zero-order chi connectivity index (χ0) is 26.5. The monoisotopic (exact) mass is 542 g/mol. The second-order valence-electron chi connectivity index (χ2n) is 8.32. The smallest absolute Gasteiger partial charge is 0.258 e. The number of hydrogen-bond acceptors (Lipinski definition) is 6. The molecule has 0 radical (unpaired) electrons. The number of ketones is 1. The Labute approximate surface area is 228 Å². The number of amides is 1. The number of halogens is 2. The minimum Gasteiger partial charge on any atom is -0.306 e. The Balaban J connectivity index is 1.45. The third kappa shape index (κ3) is 5.61. The maximum absolute atomic E-state index is 13.4. The van der Waals surface area contributed by atoms with E-state index in [4.69, 9.17) is 23.2 Å². The summed E-state index contributed by atoms with van der Waals surface area (Å²) in [5, 5.41) is 15.5. The van der Waals surface area contributed by atoms with Gasteiger partial charge in [-0.2, -0.15) is 15.3 Å². The van der Waals surface area contributed by atoms with Gasteiger partial charge in [-0.15, -0.1) is 0 Å². The Kier molecular flexibility index (Phi) is 7.53. The summed E-state index contributed by atoms with van der Waals surface area (Å²) >= 11 is 12.8. The molecular formula is C28H20Cl2N6O2. The molecule has 0 atom stereocenters. The van der Waals surface area contributed by atoms with Gasteiger partial charge in [0.25, 0.3) is 5.91 Å². The minimum atomic E-state index is -0.484. The summed E-state index contributed by atoms with van der Waals surface area (Å²) in [5.41, 5.74) is 3.18. The van der Waals surface area contributed by atoms with E-state index in [1.807, 2.05) is 42.5 Å². The lowest BCUT2D eigenvalue weighted by Crippen LogP contribution is -2.16. The van der Waals surface area contributed by atoms with Gasteiger partial charge in [0.05, 0.1) is 33.2 Å². The quantitative estimate of drug-likeness (QED) is 0.237. The average Bonchev–Trinajstić information content (AvgIpc) is 3.37. The number of nitrogens with one attached hydrogen (secondary N) is 1. The van der Waals surface area contributed by atoms with E-state index in [0.717, 1.165) is 5.56 Å². The Morgan fingerprint density at radius 1 is 0.868 bits per heavy atom. The van der Waals surface area contributed by atoms with Crippen molar-refractivity contribution in [2.45, 2.75) is 12.8 Å². The van der Waals surface area contributed by atoms with Crippen LogP contribution >= 0.6 is 23.2 Å². The molecule has 0 bridgehead atoms. The van der Waals surface area contributed by atoms with Crippen LogP contribution in [-0.4, -0.2) is 36.7 Å². The maximum Gasteiger partial charge on any atom is 0.258 e. The first-order chi connectivity index (χ1) is 18.5. The number of pyridine rings is 1. The maximum atomic E-state index is 13.4. The van der Waals surface area contributed by atoms with E-state index >= 15 is 0 Å². The summed E-state index contributed by atoms with van der Waals surface area (Å²) in [6.07, 6.45) is 5.56. The highest BCUT2D eigenvalue weighted by molar-refractivity contribution is 6.38. The van der Waals surface area contributed by atoms with E-state index in [2.05, 4.69) is 25.6 Å². The fourth-order valence-electron chi connectivity index (χ4n) is 3.85. The molecule has 10 heteroatoms. The van der Waals surface area contributed by atoms with E-state index in [1.165, 1.54) is 10.7 Å². The summed E-state index contributed by atoms with van der Waals surface area (Å²) in [6.45, 7) is 0. The van der Waals surface area contributed by atoms with Gasteiger partial charge in [-0.3, -0.25) is 14.6 Å². The molecule has 0 aliphatic heterocycles. The van der Waals surface area contributed by atoms with Crippen molar-refractivity contribution < 1.29 is 9.59 Å². The van der Waals surface area contributed by atoms with Gasteiger partial charge in [0.2, 0.25) is 0 Å². The number of nitrogens with zero attached hydrogens (tertiary/aromatic N) is 5. The summed E-state index contributed by atoms with van der Waals surface area (Å²) < 4.78 is 1.52. The first kappa shape index (κ1) is 25.3. The minimum absolute atomic E-state index is 0.172. The topological polar surface area (TPSA) is 103 Å². The lowest BCUT2D eigenvalue weighted by Gasteiger charge is -2.12. The third-order valence-corrected chi connectivity index (χ3v) is 6.39. The molecule has 0 aliphatic rings. The number of Topliss-reactive ketones (excluding diaryl/α,β-unsaturated/α-hetero) is 1. The molecule has 0 aliphatic carbocycles. The Morgan fingerprint density at radius 3 is 2.42 bits per heavy atom. The van der Waals surface area contributed by atoms with Crippen molar-refractivity contribution in [2.75, 3.05) is 5.32 Å². The molecule has 1 amide bonds. The SMILES string of the molecule is O=C(CCc1ccnnc1)c1cc(NC(=O)c2cc(-c3ccccn3)c(Cl)cc2Cl)n(-c2ccccc2)n1. The normalized spacial score (nSPS) is 10.8. The Bertz CT molecular complexity index is 1590. The molecule has 0 unspecified atom stereocenters. The standard InChI is InChI=1S/C28H20Cl2N6O2/c29-22-15-23(30)21(14-20(22)24-8-4-5-12-31-24)28(38)34-27-16-25(35-36(27)19-6-2-1-3-7-19)26(37)10-9-18-11-13-32-33-17-18/h1-8,11-17H,9-10H2,(H,34,38). The number of carbonyl (C=O) groups excluding carboxylic acids is 2. The number of para-hydroxylation sites is 1. The summed E-state index contributed by atoms with van der Waals surface area (Å²) in [6, 6.07) is 21.1. The van der Waals surface area contributed by atoms with Crippen LogP contribution in [0.1, 0.15) is 32.8 Å². The van der Waals surface area contributed by atoms with Crippen LogP contribution in [0, 0.1) is 0 Å². The number of rotatable bonds is 8. The van der Waals surface area contributed by atoms with Crippen LogP contribution in [-0.2, 0) is 6.42 Å². The number of aryl methyl sites for hydroxylation is 1. The van der Waals surface area contributed by atoms with E-state index in [9.17, 15) is 9.59 Å². The second-order valence-corrected chi connectivity index (χ2v) is 9.13. The predicted octanol–water partition coefficient (Wildman–Crippen LogP) is 6.10. The van der Waals surface area contributed by atoms with Crippen molar-refractivity contribution in [3.05, 3.63) is 118 Å². The first-order valence-corrected chi connectivity index (χ1v) is 12.4. The van der Waals surface area contributed by atoms with Crippen LogP contribution in [0.15, 0.2) is 91.4 Å². The number of benzene rings is 2. The summed E-state index contributed by atoms with van der Waals surface area (Å²) in [4.78, 5) is 30.7. The Morgan fingerprint density at radius 2 is 1.68 bits per heavy atom. The molecule has 5 rings (SSSR count). The van der Waals surface area contributed by atoms with Gasteiger partial charge in [0, 0.05) is 30.4 Å². The summed E-state index contributed by atoms with van der Waals surface area (Å²) in [7, 11) is 0. The molecule has 3 aromatic heterocycles. The van der Waals surface area contributed by atoms with Crippen LogP contribution in [0.5, 0.6) is 0 Å². The third-order valence-electron chi connectivity index (χ3n) is 5.77. The highest BCUT2D eigenvalue weighted by Gasteiger charge is 2.20. The van der Waals surface area contributed by atoms with Crippen molar-refractivity contribution in [3.63, 3.8) is 0 Å². The van der Waals surface area contributed by atoms with Crippen LogP contribution in [0.25, 0.3) is 16.9 Å². The van der Waals surface area contributed by atoms with Crippen LogP contribution in [0.4, 0.5) is 5.82 Å². The molecule has 38 heavy (non-hydrogen) atoms. The van der Waals surface area contributed by atoms with E-state index < -0.39 is 5.91 Å². The summed E-state index contributed by atoms with van der Waals surface area (Å²) in [5.74, 6) is -0.336. The van der Waals surface area contributed by atoms with E-state index in [0.29, 0.717) is 34.2 Å². The largest absolute Gasteiger partial charge is 0.306 e. The van der Waals surface area contributed by atoms with Crippen molar-refractivity contribution in [3.8, 4) is 16.9 Å². The lowest BCUT2D eigenvalue weighted by atomic mass is 10.1. The molecule has 5 aromatic rings. The first-order valence-electron chi connectivity index (χ1n) is 11.7. The van der Waals surface area contributed by atoms with Crippen molar-refractivity contribution in [1.82, 2.24) is 25.0 Å².